The lowest BCUT2D eigenvalue weighted by Crippen LogP contribution is -2.29. The molecule has 2 atom stereocenters. The predicted molar refractivity (Wildman–Crippen MR) is 199 cm³/mol. The number of aliphatic hydroxyl groups excluding tert-OH is 1. The van der Waals surface area contributed by atoms with Crippen LogP contribution in [0.15, 0.2) is 60.8 Å². The lowest BCUT2D eigenvalue weighted by atomic mass is 10.0. The Morgan fingerprint density at radius 1 is 0.694 bits per heavy atom. The first-order valence-corrected chi connectivity index (χ1v) is 20.1. The highest BCUT2D eigenvalue weighted by Crippen LogP contribution is 2.36. The summed E-state index contributed by atoms with van der Waals surface area (Å²) >= 11 is 0. The molecule has 0 spiro atoms. The Labute approximate surface area is 297 Å². The molecule has 0 radical (unpaired) electrons. The van der Waals surface area contributed by atoms with E-state index < -0.39 is 38.6 Å². The molecule has 3 N–H and O–H groups in total. The zero-order chi connectivity index (χ0) is 36.4. The van der Waals surface area contributed by atoms with Crippen molar-refractivity contribution in [3.05, 3.63) is 60.8 Å². The first-order chi connectivity index (χ1) is 23.5. The Hall–Kier alpha value is -2.29. The minimum absolute atomic E-state index is 0.0998. The smallest absolute Gasteiger partial charge is 0.462 e. The van der Waals surface area contributed by atoms with Crippen molar-refractivity contribution in [1.29, 1.82) is 0 Å². The van der Waals surface area contributed by atoms with Gasteiger partial charge in [-0.1, -0.05) is 146 Å². The van der Waals surface area contributed by atoms with Crippen LogP contribution in [0.5, 0.6) is 0 Å². The summed E-state index contributed by atoms with van der Waals surface area (Å²) in [5.74, 6) is -0.206. The summed E-state index contributed by atoms with van der Waals surface area (Å²) in [4.78, 5) is 42.6. The van der Waals surface area contributed by atoms with Gasteiger partial charge >= 0.3 is 19.8 Å². The maximum atomic E-state index is 12.3. The number of hydrogen-bond donors (Lipinski definition) is 3. The van der Waals surface area contributed by atoms with Gasteiger partial charge in [0.2, 0.25) is 0 Å². The van der Waals surface area contributed by atoms with Crippen molar-refractivity contribution in [3.8, 4) is 0 Å². The van der Waals surface area contributed by atoms with Gasteiger partial charge in [0.25, 0.3) is 0 Å². The second-order valence-electron chi connectivity index (χ2n) is 12.9. The highest BCUT2D eigenvalue weighted by Gasteiger charge is 2.22. The SMILES string of the molecule is CC/C=C\C/C=C\CC(O)/C=C/C=C\C/C=C\CCCC(=O)O[C@H](COC(=O)CCCCCCCCCCCCC(C)C)COP(=O)(O)O. The van der Waals surface area contributed by atoms with E-state index in [1.165, 1.54) is 44.9 Å². The molecule has 0 fully saturated rings. The van der Waals surface area contributed by atoms with E-state index in [1.807, 2.05) is 42.5 Å². The molecule has 1 unspecified atom stereocenters. The summed E-state index contributed by atoms with van der Waals surface area (Å²) in [5, 5.41) is 9.96. The van der Waals surface area contributed by atoms with E-state index in [0.29, 0.717) is 32.1 Å². The van der Waals surface area contributed by atoms with E-state index in [1.54, 1.807) is 6.08 Å². The molecule has 9 nitrogen and oxygen atoms in total. The quantitative estimate of drug-likeness (QED) is 0.0205. The minimum Gasteiger partial charge on any atom is -0.462 e. The van der Waals surface area contributed by atoms with E-state index in [9.17, 15) is 19.3 Å². The Kier molecular flexibility index (Phi) is 31.4. The summed E-state index contributed by atoms with van der Waals surface area (Å²) in [7, 11) is -4.78. The van der Waals surface area contributed by atoms with Crippen LogP contribution in [0, 0.1) is 5.92 Å². The molecular weight excluding hydrogens is 643 g/mol. The number of unbranched alkanes of at least 4 members (excludes halogenated alkanes) is 10. The number of phosphoric ester groups is 1. The lowest BCUT2D eigenvalue weighted by Gasteiger charge is -2.18. The van der Waals surface area contributed by atoms with Gasteiger partial charge in [-0.3, -0.25) is 14.1 Å². The summed E-state index contributed by atoms with van der Waals surface area (Å²) in [6.45, 7) is 5.73. The number of aliphatic hydroxyl groups is 1. The highest BCUT2D eigenvalue weighted by molar-refractivity contribution is 7.46. The Bertz CT molecular complexity index is 1010. The fraction of sp³-hybridized carbons (Fsp3) is 0.692. The molecule has 49 heavy (non-hydrogen) atoms. The predicted octanol–water partition coefficient (Wildman–Crippen LogP) is 9.78. The van der Waals surface area contributed by atoms with Crippen LogP contribution >= 0.6 is 7.82 Å². The van der Waals surface area contributed by atoms with E-state index in [-0.39, 0.29) is 19.4 Å². The highest BCUT2D eigenvalue weighted by atomic mass is 31.2. The van der Waals surface area contributed by atoms with Crippen LogP contribution in [0.4, 0.5) is 0 Å². The van der Waals surface area contributed by atoms with Crippen LogP contribution in [-0.4, -0.2) is 52.3 Å². The zero-order valence-corrected chi connectivity index (χ0v) is 31.5. The number of ether oxygens (including phenoxy) is 2. The molecule has 0 aromatic rings. The van der Waals surface area contributed by atoms with Crippen molar-refractivity contribution in [3.63, 3.8) is 0 Å². The number of hydrogen-bond acceptors (Lipinski definition) is 7. The number of phosphoric acid groups is 1. The summed E-state index contributed by atoms with van der Waals surface area (Å²) < 4.78 is 26.2. The Morgan fingerprint density at radius 2 is 1.29 bits per heavy atom. The van der Waals surface area contributed by atoms with Gasteiger partial charge < -0.3 is 24.4 Å². The first kappa shape index (κ1) is 46.7. The number of esters is 2. The lowest BCUT2D eigenvalue weighted by molar-refractivity contribution is -0.161. The van der Waals surface area contributed by atoms with Gasteiger partial charge in [-0.15, -0.1) is 0 Å². The van der Waals surface area contributed by atoms with Gasteiger partial charge in [0, 0.05) is 12.8 Å². The van der Waals surface area contributed by atoms with Gasteiger partial charge in [-0.05, 0) is 50.9 Å². The zero-order valence-electron chi connectivity index (χ0n) is 30.6. The number of rotatable bonds is 32. The maximum Gasteiger partial charge on any atom is 0.469 e. The van der Waals surface area contributed by atoms with Gasteiger partial charge in [0.1, 0.15) is 6.61 Å². The molecule has 0 aliphatic heterocycles. The number of carbonyl (C=O) groups is 2. The second kappa shape index (κ2) is 32.9. The molecule has 0 saturated carbocycles. The van der Waals surface area contributed by atoms with Crippen LogP contribution in [-0.2, 0) is 28.2 Å². The van der Waals surface area contributed by atoms with Crippen molar-refractivity contribution in [2.24, 2.45) is 5.92 Å². The fourth-order valence-corrected chi connectivity index (χ4v) is 5.15. The third-order valence-corrected chi connectivity index (χ3v) is 8.04. The Balaban J connectivity index is 4.17. The van der Waals surface area contributed by atoms with Gasteiger partial charge in [0.15, 0.2) is 6.10 Å². The van der Waals surface area contributed by atoms with Crippen LogP contribution in [0.2, 0.25) is 0 Å². The number of allylic oxidation sites excluding steroid dienone is 8. The molecule has 0 saturated heterocycles. The van der Waals surface area contributed by atoms with Crippen molar-refractivity contribution in [2.75, 3.05) is 13.2 Å². The largest absolute Gasteiger partial charge is 0.469 e. The van der Waals surface area contributed by atoms with E-state index >= 15 is 0 Å². The van der Waals surface area contributed by atoms with Crippen molar-refractivity contribution in [2.45, 2.75) is 155 Å². The summed E-state index contributed by atoms with van der Waals surface area (Å²) in [6, 6.07) is 0. The fourth-order valence-electron chi connectivity index (χ4n) is 4.79. The molecule has 10 heteroatoms. The molecule has 0 amide bonds. The van der Waals surface area contributed by atoms with Crippen molar-refractivity contribution < 1.29 is 43.0 Å². The first-order valence-electron chi connectivity index (χ1n) is 18.5. The van der Waals surface area contributed by atoms with Crippen molar-refractivity contribution >= 4 is 19.8 Å². The van der Waals surface area contributed by atoms with Gasteiger partial charge in [-0.25, -0.2) is 4.57 Å². The minimum atomic E-state index is -4.78. The van der Waals surface area contributed by atoms with Crippen LogP contribution in [0.1, 0.15) is 143 Å². The maximum absolute atomic E-state index is 12.3. The van der Waals surface area contributed by atoms with Gasteiger partial charge in [-0.2, -0.15) is 0 Å². The third-order valence-electron chi connectivity index (χ3n) is 7.56. The summed E-state index contributed by atoms with van der Waals surface area (Å²) in [5.41, 5.74) is 0. The molecule has 0 heterocycles. The van der Waals surface area contributed by atoms with E-state index in [4.69, 9.17) is 19.3 Å². The molecule has 0 bridgehead atoms. The van der Waals surface area contributed by atoms with Gasteiger partial charge in [0.05, 0.1) is 12.7 Å². The summed E-state index contributed by atoms with van der Waals surface area (Å²) in [6.07, 6.45) is 35.6. The van der Waals surface area contributed by atoms with E-state index in [2.05, 4.69) is 37.4 Å². The topological polar surface area (TPSA) is 140 Å². The molecule has 0 rings (SSSR count). The van der Waals surface area contributed by atoms with Crippen LogP contribution in [0.3, 0.4) is 0 Å². The Morgan fingerprint density at radius 3 is 1.94 bits per heavy atom. The second-order valence-corrected chi connectivity index (χ2v) is 14.1. The average molecular weight is 711 g/mol. The van der Waals surface area contributed by atoms with Crippen LogP contribution in [0.25, 0.3) is 0 Å². The average Bonchev–Trinajstić information content (AvgIpc) is 3.04. The normalized spacial score (nSPS) is 13.9. The molecule has 0 aromatic heterocycles. The standard InChI is InChI=1S/C39H67O9P/c1-4-5-6-7-19-24-29-36(40)30-25-20-15-12-13-17-22-27-32-39(42)48-37(34-47-49(43,44)45)33-46-38(41)31-26-21-16-11-9-8-10-14-18-23-28-35(2)3/h5-6,13,15,17,19-20,24-25,30,35-37,40H,4,7-12,14,16,18,21-23,26-29,31-34H2,1-3H3,(H2,43,44,45)/b6-5-,17-13-,20-15-,24-19-,30-25+/t36?,37-/m1/s1. The molecule has 282 valence electrons. The molecule has 0 aliphatic carbocycles. The molecule has 0 aromatic carbocycles. The third kappa shape index (κ3) is 36.8. The van der Waals surface area contributed by atoms with Crippen molar-refractivity contribution in [1.82, 2.24) is 0 Å². The number of carbonyl (C=O) groups excluding carboxylic acids is 2. The monoisotopic (exact) mass is 710 g/mol. The molecule has 0 aliphatic rings. The van der Waals surface area contributed by atoms with E-state index in [0.717, 1.165) is 38.0 Å². The van der Waals surface area contributed by atoms with Crippen LogP contribution < -0.4 is 0 Å². The molecular formula is C39H67O9P.